The molecule has 2 aromatic heterocycles. The van der Waals surface area contributed by atoms with Gasteiger partial charge in [0.05, 0.1) is 0 Å². The molecule has 0 fully saturated rings. The highest BCUT2D eigenvalue weighted by Crippen LogP contribution is 2.16. The second-order valence-electron chi connectivity index (χ2n) is 4.39. The third-order valence-electron chi connectivity index (χ3n) is 2.86. The van der Waals surface area contributed by atoms with Crippen LogP contribution in [0.2, 0.25) is 5.15 Å². The summed E-state index contributed by atoms with van der Waals surface area (Å²) in [6, 6.07) is 8.94. The molecule has 1 amide bonds. The third-order valence-corrected chi connectivity index (χ3v) is 3.06. The summed E-state index contributed by atoms with van der Waals surface area (Å²) in [5, 5.41) is 3.91. The molecule has 20 heavy (non-hydrogen) atoms. The molecule has 0 spiro atoms. The van der Waals surface area contributed by atoms with Crippen molar-refractivity contribution in [3.63, 3.8) is 0 Å². The van der Waals surface area contributed by atoms with E-state index < -0.39 is 0 Å². The van der Waals surface area contributed by atoms with Crippen molar-refractivity contribution in [1.29, 1.82) is 0 Å². The molecule has 3 aromatic rings. The van der Waals surface area contributed by atoms with Gasteiger partial charge in [-0.3, -0.25) is 10.1 Å². The van der Waals surface area contributed by atoms with E-state index in [-0.39, 0.29) is 11.9 Å². The van der Waals surface area contributed by atoms with Crippen LogP contribution in [-0.4, -0.2) is 20.9 Å². The number of H-pyrrole nitrogens is 1. The van der Waals surface area contributed by atoms with E-state index >= 15 is 0 Å². The molecule has 0 aliphatic heterocycles. The molecule has 100 valence electrons. The highest BCUT2D eigenvalue weighted by molar-refractivity contribution is 6.29. The number of amides is 1. The number of aromatic nitrogens is 3. The number of anilines is 1. The van der Waals surface area contributed by atoms with E-state index in [0.717, 1.165) is 10.9 Å². The summed E-state index contributed by atoms with van der Waals surface area (Å²) in [5.74, 6) is -0.0658. The molecule has 2 heterocycles. The Morgan fingerprint density at radius 3 is 2.90 bits per heavy atom. The minimum absolute atomic E-state index is 0.203. The molecule has 0 saturated heterocycles. The fourth-order valence-electron chi connectivity index (χ4n) is 1.95. The summed E-state index contributed by atoms with van der Waals surface area (Å²) in [5.41, 5.74) is 2.22. The molecule has 1 aromatic carbocycles. The number of benzene rings is 1. The van der Waals surface area contributed by atoms with Gasteiger partial charge in [-0.2, -0.15) is 0 Å². The summed E-state index contributed by atoms with van der Waals surface area (Å²) in [4.78, 5) is 23.3. The highest BCUT2D eigenvalue weighted by Gasteiger charge is 2.09. The van der Waals surface area contributed by atoms with Gasteiger partial charge >= 0.3 is 0 Å². The van der Waals surface area contributed by atoms with Crippen molar-refractivity contribution in [3.05, 3.63) is 52.9 Å². The topological polar surface area (TPSA) is 70.7 Å². The Labute approximate surface area is 120 Å². The van der Waals surface area contributed by atoms with Crippen LogP contribution in [0.1, 0.15) is 16.1 Å². The lowest BCUT2D eigenvalue weighted by molar-refractivity contribution is 0.102. The predicted molar refractivity (Wildman–Crippen MR) is 78.0 cm³/mol. The summed E-state index contributed by atoms with van der Waals surface area (Å²) in [6.45, 7) is 1.79. The van der Waals surface area contributed by atoms with Crippen LogP contribution < -0.4 is 5.32 Å². The molecule has 0 aliphatic rings. The third kappa shape index (κ3) is 2.48. The van der Waals surface area contributed by atoms with E-state index in [1.807, 2.05) is 18.3 Å². The van der Waals surface area contributed by atoms with E-state index in [1.165, 1.54) is 0 Å². The lowest BCUT2D eigenvalue weighted by atomic mass is 10.1. The zero-order chi connectivity index (χ0) is 14.1. The summed E-state index contributed by atoms with van der Waals surface area (Å²) in [6.07, 6.45) is 1.83. The molecule has 2 N–H and O–H groups in total. The Morgan fingerprint density at radius 2 is 2.10 bits per heavy atom. The van der Waals surface area contributed by atoms with E-state index in [4.69, 9.17) is 11.6 Å². The lowest BCUT2D eigenvalue weighted by Crippen LogP contribution is -2.14. The van der Waals surface area contributed by atoms with E-state index in [0.29, 0.717) is 16.4 Å². The number of hydrogen-bond acceptors (Lipinski definition) is 3. The van der Waals surface area contributed by atoms with Crippen molar-refractivity contribution < 1.29 is 4.79 Å². The smallest absolute Gasteiger partial charge is 0.258 e. The van der Waals surface area contributed by atoms with Crippen molar-refractivity contribution in [2.75, 3.05) is 5.32 Å². The monoisotopic (exact) mass is 286 g/mol. The average molecular weight is 287 g/mol. The van der Waals surface area contributed by atoms with Gasteiger partial charge < -0.3 is 4.98 Å². The standard InChI is InChI=1S/C14H11ClN4O/c1-8-6-12(15)18-14(17-8)19-13(20)10-2-3-11-9(7-10)4-5-16-11/h2-7,16H,1H3,(H,17,18,19,20). The van der Waals surface area contributed by atoms with Crippen LogP contribution in [0.4, 0.5) is 5.95 Å². The first-order valence-corrected chi connectivity index (χ1v) is 6.39. The van der Waals surface area contributed by atoms with E-state index in [2.05, 4.69) is 20.3 Å². The second kappa shape index (κ2) is 4.94. The van der Waals surface area contributed by atoms with Crippen LogP contribution in [0.5, 0.6) is 0 Å². The maximum Gasteiger partial charge on any atom is 0.258 e. The van der Waals surface area contributed by atoms with Crippen LogP contribution in [0.15, 0.2) is 36.5 Å². The molecule has 0 radical (unpaired) electrons. The van der Waals surface area contributed by atoms with Crippen LogP contribution in [-0.2, 0) is 0 Å². The highest BCUT2D eigenvalue weighted by atomic mass is 35.5. The molecule has 0 aliphatic carbocycles. The quantitative estimate of drug-likeness (QED) is 0.711. The number of aryl methyl sites for hydroxylation is 1. The Morgan fingerprint density at radius 1 is 1.25 bits per heavy atom. The second-order valence-corrected chi connectivity index (χ2v) is 4.78. The van der Waals surface area contributed by atoms with Crippen molar-refractivity contribution in [3.8, 4) is 0 Å². The maximum atomic E-state index is 12.2. The average Bonchev–Trinajstić information content (AvgIpc) is 2.84. The number of carbonyl (C=O) groups is 1. The number of nitrogens with one attached hydrogen (secondary N) is 2. The van der Waals surface area contributed by atoms with Crippen LogP contribution in [0.25, 0.3) is 10.9 Å². The first-order chi connectivity index (χ1) is 9.61. The van der Waals surface area contributed by atoms with Gasteiger partial charge in [0.25, 0.3) is 5.91 Å². The Kier molecular flexibility index (Phi) is 3.12. The first kappa shape index (κ1) is 12.6. The van der Waals surface area contributed by atoms with E-state index in [9.17, 15) is 4.79 Å². The van der Waals surface area contributed by atoms with Gasteiger partial charge in [-0.15, -0.1) is 0 Å². The maximum absolute atomic E-state index is 12.2. The van der Waals surface area contributed by atoms with Gasteiger partial charge in [0, 0.05) is 28.4 Å². The SMILES string of the molecule is Cc1cc(Cl)nc(NC(=O)c2ccc3[nH]ccc3c2)n1. The zero-order valence-electron chi connectivity index (χ0n) is 10.6. The van der Waals surface area contributed by atoms with Crippen molar-refractivity contribution >= 4 is 34.4 Å². The molecule has 6 heteroatoms. The molecule has 5 nitrogen and oxygen atoms in total. The van der Waals surface area contributed by atoms with Crippen molar-refractivity contribution in [1.82, 2.24) is 15.0 Å². The van der Waals surface area contributed by atoms with Gasteiger partial charge in [-0.1, -0.05) is 11.6 Å². The molecule has 0 unspecified atom stereocenters. The minimum atomic E-state index is -0.269. The molecular weight excluding hydrogens is 276 g/mol. The number of carbonyl (C=O) groups excluding carboxylic acids is 1. The Bertz CT molecular complexity index is 776. The summed E-state index contributed by atoms with van der Waals surface area (Å²) >= 11 is 5.84. The fourth-order valence-corrected chi connectivity index (χ4v) is 2.19. The minimum Gasteiger partial charge on any atom is -0.361 e. The molecule has 0 bridgehead atoms. The molecule has 0 atom stereocenters. The molecule has 0 saturated carbocycles. The largest absolute Gasteiger partial charge is 0.361 e. The number of fused-ring (bicyclic) bond motifs is 1. The van der Waals surface area contributed by atoms with Crippen molar-refractivity contribution in [2.45, 2.75) is 6.92 Å². The molecule has 3 rings (SSSR count). The van der Waals surface area contributed by atoms with Gasteiger partial charge in [0.1, 0.15) is 5.15 Å². The molecular formula is C14H11ClN4O. The number of hydrogen-bond donors (Lipinski definition) is 2. The number of nitrogens with zero attached hydrogens (tertiary/aromatic N) is 2. The predicted octanol–water partition coefficient (Wildman–Crippen LogP) is 3.17. The van der Waals surface area contributed by atoms with E-state index in [1.54, 1.807) is 25.1 Å². The fraction of sp³-hybridized carbons (Fsp3) is 0.0714. The van der Waals surface area contributed by atoms with Crippen LogP contribution in [0.3, 0.4) is 0 Å². The van der Waals surface area contributed by atoms with Crippen molar-refractivity contribution in [2.24, 2.45) is 0 Å². The zero-order valence-corrected chi connectivity index (χ0v) is 11.4. The Hall–Kier alpha value is -2.40. The van der Waals surface area contributed by atoms with Gasteiger partial charge in [-0.25, -0.2) is 9.97 Å². The number of aromatic amines is 1. The summed E-state index contributed by atoms with van der Waals surface area (Å²) in [7, 11) is 0. The number of rotatable bonds is 2. The van der Waals surface area contributed by atoms with Crippen LogP contribution in [0, 0.1) is 6.92 Å². The Balaban J connectivity index is 1.88. The normalized spacial score (nSPS) is 10.7. The van der Waals surface area contributed by atoms with Gasteiger partial charge in [0.2, 0.25) is 5.95 Å². The van der Waals surface area contributed by atoms with Gasteiger partial charge in [0.15, 0.2) is 0 Å². The lowest BCUT2D eigenvalue weighted by Gasteiger charge is -2.05. The van der Waals surface area contributed by atoms with Gasteiger partial charge in [-0.05, 0) is 37.3 Å². The van der Waals surface area contributed by atoms with Crippen LogP contribution >= 0.6 is 11.6 Å². The number of halogens is 1. The summed E-state index contributed by atoms with van der Waals surface area (Å²) < 4.78 is 0. The first-order valence-electron chi connectivity index (χ1n) is 6.01.